The number of sulfonamides is 1. The minimum absolute atomic E-state index is 0.0960. The third kappa shape index (κ3) is 2.70. The molecule has 0 bridgehead atoms. The topological polar surface area (TPSA) is 37.4 Å². The Morgan fingerprint density at radius 3 is 2.26 bits per heavy atom. The molecule has 0 saturated carbocycles. The largest absolute Gasteiger partial charge is 0.243 e. The second-order valence-electron chi connectivity index (χ2n) is 5.89. The average Bonchev–Trinajstić information content (AvgIpc) is 2.72. The summed E-state index contributed by atoms with van der Waals surface area (Å²) in [6.45, 7) is 8.17. The van der Waals surface area contributed by atoms with Gasteiger partial charge in [-0.25, -0.2) is 8.42 Å². The molecule has 1 aromatic rings. The molecule has 0 spiro atoms. The molecule has 0 aliphatic carbocycles. The van der Waals surface area contributed by atoms with Crippen LogP contribution >= 0.6 is 0 Å². The third-order valence-corrected chi connectivity index (χ3v) is 6.06. The van der Waals surface area contributed by atoms with Crippen molar-refractivity contribution in [1.29, 1.82) is 0 Å². The first kappa shape index (κ1) is 14.5. The first-order chi connectivity index (χ1) is 8.84. The van der Waals surface area contributed by atoms with Gasteiger partial charge in [0.2, 0.25) is 10.0 Å². The van der Waals surface area contributed by atoms with Gasteiger partial charge < -0.3 is 0 Å². The highest BCUT2D eigenvalue weighted by molar-refractivity contribution is 7.89. The highest BCUT2D eigenvalue weighted by Crippen LogP contribution is 2.34. The molecule has 1 aliphatic heterocycles. The van der Waals surface area contributed by atoms with Crippen LogP contribution in [0.15, 0.2) is 29.2 Å². The zero-order valence-electron chi connectivity index (χ0n) is 12.1. The maximum atomic E-state index is 12.8. The summed E-state index contributed by atoms with van der Waals surface area (Å²) in [7, 11) is -3.37. The summed E-state index contributed by atoms with van der Waals surface area (Å²) in [5.74, 6) is 0.352. The van der Waals surface area contributed by atoms with E-state index in [2.05, 4.69) is 13.8 Å². The van der Waals surface area contributed by atoms with E-state index in [0.29, 0.717) is 10.8 Å². The number of hydrogen-bond donors (Lipinski definition) is 0. The molecular weight excluding hydrogens is 258 g/mol. The van der Waals surface area contributed by atoms with Crippen LogP contribution in [-0.2, 0) is 10.0 Å². The number of aryl methyl sites for hydroxylation is 1. The normalized spacial score (nSPS) is 25.1. The zero-order chi connectivity index (χ0) is 14.2. The minimum Gasteiger partial charge on any atom is -0.207 e. The first-order valence-electron chi connectivity index (χ1n) is 6.94. The van der Waals surface area contributed by atoms with Crippen molar-refractivity contribution < 1.29 is 8.42 Å². The van der Waals surface area contributed by atoms with E-state index in [1.54, 1.807) is 16.4 Å². The number of benzene rings is 1. The number of nitrogens with zero attached hydrogens (tertiary/aromatic N) is 1. The molecule has 0 radical (unpaired) electrons. The molecule has 2 atom stereocenters. The van der Waals surface area contributed by atoms with Crippen LogP contribution in [0, 0.1) is 12.8 Å². The summed E-state index contributed by atoms with van der Waals surface area (Å²) in [5.41, 5.74) is 1.08. The van der Waals surface area contributed by atoms with Crippen molar-refractivity contribution in [2.75, 3.05) is 0 Å². The van der Waals surface area contributed by atoms with Crippen molar-refractivity contribution in [2.24, 2.45) is 5.92 Å². The van der Waals surface area contributed by atoms with Gasteiger partial charge >= 0.3 is 0 Å². The van der Waals surface area contributed by atoms with Crippen LogP contribution in [0.4, 0.5) is 0 Å². The van der Waals surface area contributed by atoms with Crippen LogP contribution < -0.4 is 0 Å². The highest BCUT2D eigenvalue weighted by atomic mass is 32.2. The number of hydrogen-bond acceptors (Lipinski definition) is 2. The Morgan fingerprint density at radius 2 is 1.74 bits per heavy atom. The lowest BCUT2D eigenvalue weighted by Crippen LogP contribution is -2.42. The van der Waals surface area contributed by atoms with Gasteiger partial charge in [-0.2, -0.15) is 4.31 Å². The number of rotatable bonds is 3. The van der Waals surface area contributed by atoms with Gasteiger partial charge in [0, 0.05) is 12.1 Å². The summed E-state index contributed by atoms with van der Waals surface area (Å²) < 4.78 is 27.3. The van der Waals surface area contributed by atoms with Crippen molar-refractivity contribution in [3.8, 4) is 0 Å². The van der Waals surface area contributed by atoms with E-state index in [-0.39, 0.29) is 12.1 Å². The molecule has 19 heavy (non-hydrogen) atoms. The predicted octanol–water partition coefficient (Wildman–Crippen LogP) is 3.19. The summed E-state index contributed by atoms with van der Waals surface area (Å²) in [5, 5.41) is 0. The Labute approximate surface area is 116 Å². The van der Waals surface area contributed by atoms with Gasteiger partial charge in [-0.15, -0.1) is 0 Å². The first-order valence-corrected chi connectivity index (χ1v) is 8.38. The van der Waals surface area contributed by atoms with Crippen molar-refractivity contribution in [3.63, 3.8) is 0 Å². The molecule has 0 amide bonds. The van der Waals surface area contributed by atoms with E-state index in [1.807, 2.05) is 26.0 Å². The van der Waals surface area contributed by atoms with E-state index < -0.39 is 10.0 Å². The van der Waals surface area contributed by atoms with Gasteiger partial charge in [0.15, 0.2) is 0 Å². The molecule has 2 rings (SSSR count). The molecule has 1 aliphatic rings. The molecule has 3 nitrogen and oxygen atoms in total. The second-order valence-corrected chi connectivity index (χ2v) is 7.73. The summed E-state index contributed by atoms with van der Waals surface area (Å²) in [4.78, 5) is 0.414. The fourth-order valence-corrected chi connectivity index (χ4v) is 4.88. The average molecular weight is 281 g/mol. The summed E-state index contributed by atoms with van der Waals surface area (Å²) in [6.07, 6.45) is 1.91. The lowest BCUT2D eigenvalue weighted by atomic mass is 10.0. The molecule has 1 heterocycles. The Balaban J connectivity index is 2.40. The lowest BCUT2D eigenvalue weighted by Gasteiger charge is -2.30. The molecule has 0 unspecified atom stereocenters. The molecule has 1 aromatic carbocycles. The molecule has 0 N–H and O–H groups in total. The molecular formula is C15H23NO2S. The van der Waals surface area contributed by atoms with Gasteiger partial charge in [0.05, 0.1) is 4.90 Å². The Morgan fingerprint density at radius 1 is 1.16 bits per heavy atom. The smallest absolute Gasteiger partial charge is 0.207 e. The molecule has 1 saturated heterocycles. The van der Waals surface area contributed by atoms with E-state index >= 15 is 0 Å². The van der Waals surface area contributed by atoms with Gasteiger partial charge in [-0.3, -0.25) is 0 Å². The van der Waals surface area contributed by atoms with Gasteiger partial charge in [0.1, 0.15) is 0 Å². The Kier molecular flexibility index (Phi) is 4.02. The Bertz CT molecular complexity index is 534. The molecule has 1 fully saturated rings. The fraction of sp³-hybridized carbons (Fsp3) is 0.600. The standard InChI is InChI=1S/C15H23NO2S/c1-11(2)15-10-7-13(4)16(15)19(17,18)14-8-5-12(3)6-9-14/h5-6,8-9,11,13,15H,7,10H2,1-4H3/t13-,15+/m1/s1. The van der Waals surface area contributed by atoms with Crippen LogP contribution in [0.5, 0.6) is 0 Å². The van der Waals surface area contributed by atoms with Gasteiger partial charge in [0.25, 0.3) is 0 Å². The van der Waals surface area contributed by atoms with Crippen molar-refractivity contribution in [3.05, 3.63) is 29.8 Å². The quantitative estimate of drug-likeness (QED) is 0.853. The molecule has 0 aromatic heterocycles. The molecule has 106 valence electrons. The third-order valence-electron chi connectivity index (χ3n) is 4.01. The maximum absolute atomic E-state index is 12.8. The maximum Gasteiger partial charge on any atom is 0.243 e. The monoisotopic (exact) mass is 281 g/mol. The Hall–Kier alpha value is -0.870. The van der Waals surface area contributed by atoms with Crippen LogP contribution in [0.1, 0.15) is 39.2 Å². The van der Waals surface area contributed by atoms with Crippen molar-refractivity contribution in [1.82, 2.24) is 4.31 Å². The lowest BCUT2D eigenvalue weighted by molar-refractivity contribution is 0.279. The fourth-order valence-electron chi connectivity index (χ4n) is 2.87. The van der Waals surface area contributed by atoms with Crippen LogP contribution in [0.2, 0.25) is 0 Å². The predicted molar refractivity (Wildman–Crippen MR) is 77.5 cm³/mol. The molecule has 4 heteroatoms. The van der Waals surface area contributed by atoms with Crippen molar-refractivity contribution >= 4 is 10.0 Å². The van der Waals surface area contributed by atoms with E-state index in [9.17, 15) is 8.42 Å². The second kappa shape index (κ2) is 5.25. The zero-order valence-corrected chi connectivity index (χ0v) is 12.9. The van der Waals surface area contributed by atoms with E-state index in [1.165, 1.54) is 0 Å². The minimum atomic E-state index is -3.37. The SMILES string of the molecule is Cc1ccc(S(=O)(=O)N2[C@H](C)CC[C@H]2C(C)C)cc1. The van der Waals surface area contributed by atoms with E-state index in [0.717, 1.165) is 18.4 Å². The van der Waals surface area contributed by atoms with Gasteiger partial charge in [-0.05, 0) is 44.7 Å². The highest BCUT2D eigenvalue weighted by Gasteiger charge is 2.41. The summed E-state index contributed by atoms with van der Waals surface area (Å²) in [6, 6.07) is 7.37. The van der Waals surface area contributed by atoms with Gasteiger partial charge in [-0.1, -0.05) is 31.5 Å². The van der Waals surface area contributed by atoms with Crippen molar-refractivity contribution in [2.45, 2.75) is 57.5 Å². The van der Waals surface area contributed by atoms with E-state index in [4.69, 9.17) is 0 Å². The van der Waals surface area contributed by atoms with Crippen LogP contribution in [0.25, 0.3) is 0 Å². The van der Waals surface area contributed by atoms with Crippen LogP contribution in [-0.4, -0.2) is 24.8 Å². The van der Waals surface area contributed by atoms with Crippen LogP contribution in [0.3, 0.4) is 0 Å². The summed E-state index contributed by atoms with van der Waals surface area (Å²) >= 11 is 0.